The first kappa shape index (κ1) is 22.5. The number of piperidine rings is 1. The Morgan fingerprint density at radius 2 is 2.06 bits per heavy atom. The Morgan fingerprint density at radius 3 is 2.73 bits per heavy atom. The van der Waals surface area contributed by atoms with E-state index in [2.05, 4.69) is 37.5 Å². The monoisotopic (exact) mass is 578 g/mol. The molecular weight excluding hydrogens is 558 g/mol. The van der Waals surface area contributed by atoms with Gasteiger partial charge in [-0.2, -0.15) is 0 Å². The lowest BCUT2D eigenvalue weighted by atomic mass is 9.54. The molecule has 1 saturated carbocycles. The molecule has 6 nitrogen and oxygen atoms in total. The van der Waals surface area contributed by atoms with Gasteiger partial charge in [0.1, 0.15) is 12.4 Å². The van der Waals surface area contributed by atoms with E-state index in [0.29, 0.717) is 40.4 Å². The number of amides is 1. The van der Waals surface area contributed by atoms with Gasteiger partial charge in [0.05, 0.1) is 17.3 Å². The van der Waals surface area contributed by atoms with Crippen molar-refractivity contribution in [3.05, 3.63) is 71.4 Å². The third-order valence-corrected chi connectivity index (χ3v) is 7.52. The molecule has 3 aromatic rings. The van der Waals surface area contributed by atoms with Crippen LogP contribution in [0.1, 0.15) is 29.6 Å². The fourth-order valence-corrected chi connectivity index (χ4v) is 5.88. The van der Waals surface area contributed by atoms with Crippen molar-refractivity contribution < 1.29 is 13.9 Å². The van der Waals surface area contributed by atoms with Gasteiger partial charge in [-0.1, -0.05) is 34.2 Å². The highest BCUT2D eigenvalue weighted by molar-refractivity contribution is 14.1. The molecule has 0 radical (unpaired) electrons. The minimum atomic E-state index is -0.416. The highest BCUT2D eigenvalue weighted by Gasteiger charge is 2.67. The number of rotatable bonds is 7. The molecule has 9 heteroatoms. The van der Waals surface area contributed by atoms with Gasteiger partial charge in [-0.05, 0) is 49.6 Å². The SMILES string of the molecule is O=C(c1cc(Cl)ccc1-c1ncccn1)N1C(CCI)C2CCC21COc1ccc(F)cn1. The van der Waals surface area contributed by atoms with E-state index >= 15 is 0 Å². The average molecular weight is 579 g/mol. The minimum absolute atomic E-state index is 0.0959. The maximum Gasteiger partial charge on any atom is 0.255 e. The minimum Gasteiger partial charge on any atom is -0.475 e. The second-order valence-corrected chi connectivity index (χ2v) is 9.85. The van der Waals surface area contributed by atoms with E-state index in [4.69, 9.17) is 16.3 Å². The zero-order valence-electron chi connectivity index (χ0n) is 17.6. The van der Waals surface area contributed by atoms with E-state index in [1.165, 1.54) is 12.1 Å². The van der Waals surface area contributed by atoms with E-state index < -0.39 is 11.4 Å². The van der Waals surface area contributed by atoms with Crippen LogP contribution >= 0.6 is 34.2 Å². The normalized spacial score (nSPS) is 23.3. The molecule has 170 valence electrons. The van der Waals surface area contributed by atoms with Crippen LogP contribution in [0.3, 0.4) is 0 Å². The highest BCUT2D eigenvalue weighted by Crippen LogP contribution is 2.58. The number of hydrogen-bond donors (Lipinski definition) is 0. The molecule has 3 unspecified atom stereocenters. The molecule has 2 aromatic heterocycles. The van der Waals surface area contributed by atoms with Crippen molar-refractivity contribution in [2.45, 2.75) is 30.8 Å². The number of ether oxygens (including phenoxy) is 1. The Kier molecular flexibility index (Phi) is 6.22. The Morgan fingerprint density at radius 1 is 1.24 bits per heavy atom. The van der Waals surface area contributed by atoms with Crippen LogP contribution < -0.4 is 4.74 Å². The van der Waals surface area contributed by atoms with Crippen LogP contribution in [0.4, 0.5) is 4.39 Å². The lowest BCUT2D eigenvalue weighted by Crippen LogP contribution is -2.81. The number of nitrogens with zero attached hydrogens (tertiary/aromatic N) is 4. The molecule has 33 heavy (non-hydrogen) atoms. The summed E-state index contributed by atoms with van der Waals surface area (Å²) >= 11 is 8.66. The topological polar surface area (TPSA) is 68.2 Å². The number of carbonyl (C=O) groups is 1. The molecule has 2 fully saturated rings. The summed E-state index contributed by atoms with van der Waals surface area (Å²) in [5, 5.41) is 0.481. The molecule has 0 bridgehead atoms. The maximum atomic E-state index is 14.0. The molecule has 3 atom stereocenters. The van der Waals surface area contributed by atoms with Crippen LogP contribution in [-0.4, -0.2) is 48.4 Å². The average Bonchev–Trinajstić information content (AvgIpc) is 2.82. The number of aromatic nitrogens is 3. The van der Waals surface area contributed by atoms with Crippen LogP contribution in [-0.2, 0) is 0 Å². The van der Waals surface area contributed by atoms with Gasteiger partial charge in [-0.25, -0.2) is 19.3 Å². The Hall–Kier alpha value is -2.33. The van der Waals surface area contributed by atoms with Gasteiger partial charge >= 0.3 is 0 Å². The lowest BCUT2D eigenvalue weighted by Gasteiger charge is -2.70. The molecule has 1 saturated heterocycles. The number of carbonyl (C=O) groups excluding carboxylic acids is 1. The van der Waals surface area contributed by atoms with Crippen molar-refractivity contribution in [1.82, 2.24) is 19.9 Å². The fourth-order valence-electron chi connectivity index (χ4n) is 5.07. The predicted molar refractivity (Wildman–Crippen MR) is 131 cm³/mol. The van der Waals surface area contributed by atoms with Gasteiger partial charge in [0.2, 0.25) is 5.88 Å². The van der Waals surface area contributed by atoms with E-state index in [0.717, 1.165) is 29.9 Å². The van der Waals surface area contributed by atoms with Gasteiger partial charge in [-0.15, -0.1) is 0 Å². The van der Waals surface area contributed by atoms with Crippen LogP contribution in [0.25, 0.3) is 11.4 Å². The van der Waals surface area contributed by atoms with Crippen molar-refractivity contribution in [2.75, 3.05) is 11.0 Å². The summed E-state index contributed by atoms with van der Waals surface area (Å²) in [6.45, 7) is 0.317. The first-order chi connectivity index (χ1) is 16.0. The number of hydrogen-bond acceptors (Lipinski definition) is 5. The molecule has 3 heterocycles. The van der Waals surface area contributed by atoms with E-state index in [-0.39, 0.29) is 11.9 Å². The van der Waals surface area contributed by atoms with Gasteiger partial charge in [-0.3, -0.25) is 4.79 Å². The first-order valence-corrected chi connectivity index (χ1v) is 12.6. The number of alkyl halides is 1. The Labute approximate surface area is 209 Å². The van der Waals surface area contributed by atoms with Crippen molar-refractivity contribution in [3.63, 3.8) is 0 Å². The van der Waals surface area contributed by atoms with Crippen LogP contribution in [0.2, 0.25) is 5.02 Å². The standard InChI is InChI=1S/C24H21ClFIN4O2/c25-15-2-4-17(22-28-10-1-11-29-22)18(12-15)23(32)31-20(7-9-27)19-6-8-24(19,31)14-33-21-5-3-16(26)13-30-21/h1-5,10-13,19-20H,6-9,14H2. The summed E-state index contributed by atoms with van der Waals surface area (Å²) in [5.74, 6) is 0.687. The van der Waals surface area contributed by atoms with Gasteiger partial charge in [0.15, 0.2) is 5.82 Å². The number of pyridine rings is 1. The zero-order valence-corrected chi connectivity index (χ0v) is 20.5. The molecule has 1 aliphatic carbocycles. The van der Waals surface area contributed by atoms with E-state index in [1.54, 1.807) is 36.7 Å². The van der Waals surface area contributed by atoms with Crippen molar-refractivity contribution >= 4 is 40.1 Å². The number of likely N-dealkylation sites (tertiary alicyclic amines) is 1. The van der Waals surface area contributed by atoms with Gasteiger partial charge in [0.25, 0.3) is 5.91 Å². The molecule has 1 aromatic carbocycles. The summed E-state index contributed by atoms with van der Waals surface area (Å²) in [7, 11) is 0. The molecule has 1 amide bonds. The number of fused-ring (bicyclic) bond motifs is 1. The van der Waals surface area contributed by atoms with E-state index in [9.17, 15) is 9.18 Å². The molecular formula is C24H21ClFIN4O2. The molecule has 0 spiro atoms. The molecule has 1 aliphatic heterocycles. The number of benzene rings is 1. The predicted octanol–water partition coefficient (Wildman–Crippen LogP) is 5.21. The van der Waals surface area contributed by atoms with E-state index in [1.807, 2.05) is 4.90 Å². The summed E-state index contributed by atoms with van der Waals surface area (Å²) in [5.41, 5.74) is 0.731. The van der Waals surface area contributed by atoms with Gasteiger partial charge < -0.3 is 9.64 Å². The van der Waals surface area contributed by atoms with Crippen LogP contribution in [0, 0.1) is 11.7 Å². The van der Waals surface area contributed by atoms with Crippen molar-refractivity contribution in [2.24, 2.45) is 5.92 Å². The zero-order chi connectivity index (χ0) is 23.0. The smallest absolute Gasteiger partial charge is 0.255 e. The van der Waals surface area contributed by atoms with Crippen molar-refractivity contribution in [1.29, 1.82) is 0 Å². The maximum absolute atomic E-state index is 14.0. The Balaban J connectivity index is 1.47. The summed E-state index contributed by atoms with van der Waals surface area (Å²) in [4.78, 5) is 28.7. The van der Waals surface area contributed by atoms with Crippen LogP contribution in [0.5, 0.6) is 5.88 Å². The highest BCUT2D eigenvalue weighted by atomic mass is 127. The van der Waals surface area contributed by atoms with Crippen LogP contribution in [0.15, 0.2) is 55.0 Å². The third kappa shape index (κ3) is 3.97. The molecule has 5 rings (SSSR count). The Bertz CT molecular complexity index is 1170. The largest absolute Gasteiger partial charge is 0.475 e. The lowest BCUT2D eigenvalue weighted by molar-refractivity contribution is -0.190. The molecule has 0 N–H and O–H groups in total. The summed E-state index contributed by atoms with van der Waals surface area (Å²) < 4.78 is 20.1. The second-order valence-electron chi connectivity index (χ2n) is 8.33. The number of halogens is 3. The first-order valence-electron chi connectivity index (χ1n) is 10.7. The van der Waals surface area contributed by atoms with Crippen molar-refractivity contribution in [3.8, 4) is 17.3 Å². The quantitative estimate of drug-likeness (QED) is 0.285. The summed E-state index contributed by atoms with van der Waals surface area (Å²) in [6.07, 6.45) is 7.24. The van der Waals surface area contributed by atoms with Gasteiger partial charge in [0, 0.05) is 45.4 Å². The third-order valence-electron chi connectivity index (χ3n) is 6.67. The summed E-state index contributed by atoms with van der Waals surface area (Å²) in [6, 6.07) is 9.93. The second kappa shape index (κ2) is 9.13. The molecule has 2 aliphatic rings. The fraction of sp³-hybridized carbons (Fsp3) is 0.333.